The Morgan fingerprint density at radius 1 is 1.32 bits per heavy atom. The average Bonchev–Trinajstić information content (AvgIpc) is 2.99. The summed E-state index contributed by atoms with van der Waals surface area (Å²) in [6.45, 7) is 2.41. The maximum Gasteiger partial charge on any atom is 0.254 e. The van der Waals surface area contributed by atoms with E-state index in [1.165, 1.54) is 0 Å². The molecular weight excluding hydrogens is 240 g/mol. The topological polar surface area (TPSA) is 59.5 Å². The van der Waals surface area contributed by atoms with Crippen LogP contribution in [0.15, 0.2) is 47.1 Å². The van der Waals surface area contributed by atoms with Crippen molar-refractivity contribution >= 4 is 5.91 Å². The van der Waals surface area contributed by atoms with Crippen molar-refractivity contribution in [3.05, 3.63) is 59.5 Å². The van der Waals surface area contributed by atoms with Crippen molar-refractivity contribution in [3.63, 3.8) is 0 Å². The third kappa shape index (κ3) is 2.85. The highest BCUT2D eigenvalue weighted by atomic mass is 16.3. The third-order valence-electron chi connectivity index (χ3n) is 3.29. The van der Waals surface area contributed by atoms with Crippen molar-refractivity contribution in [2.45, 2.75) is 19.5 Å². The summed E-state index contributed by atoms with van der Waals surface area (Å²) in [5.41, 5.74) is 7.20. The molecule has 0 spiro atoms. The van der Waals surface area contributed by atoms with Crippen molar-refractivity contribution in [2.24, 2.45) is 5.73 Å². The summed E-state index contributed by atoms with van der Waals surface area (Å²) in [4.78, 5) is 14.0. The predicted molar refractivity (Wildman–Crippen MR) is 73.5 cm³/mol. The summed E-state index contributed by atoms with van der Waals surface area (Å²) in [5, 5.41) is 0. The van der Waals surface area contributed by atoms with Gasteiger partial charge in [-0.15, -0.1) is 0 Å². The van der Waals surface area contributed by atoms with Crippen molar-refractivity contribution in [3.8, 4) is 0 Å². The lowest BCUT2D eigenvalue weighted by Crippen LogP contribution is -2.29. The molecule has 0 saturated heterocycles. The van der Waals surface area contributed by atoms with E-state index in [0.29, 0.717) is 12.1 Å². The fourth-order valence-electron chi connectivity index (χ4n) is 1.88. The molecule has 100 valence electrons. The number of rotatable bonds is 4. The van der Waals surface area contributed by atoms with Gasteiger partial charge in [0.2, 0.25) is 0 Å². The van der Waals surface area contributed by atoms with E-state index in [0.717, 1.165) is 11.3 Å². The molecule has 2 aromatic rings. The maximum atomic E-state index is 12.3. The SMILES string of the molecule is CC(c1ccco1)N(C)C(=O)c1ccc(CN)cc1. The third-order valence-corrected chi connectivity index (χ3v) is 3.29. The first-order chi connectivity index (χ1) is 9.13. The van der Waals surface area contributed by atoms with Crippen LogP contribution in [-0.4, -0.2) is 17.9 Å². The minimum atomic E-state index is -0.100. The van der Waals surface area contributed by atoms with Gasteiger partial charge in [0.15, 0.2) is 0 Å². The molecule has 0 radical (unpaired) electrons. The van der Waals surface area contributed by atoms with Crippen molar-refractivity contribution in [2.75, 3.05) is 7.05 Å². The molecule has 1 aromatic carbocycles. The summed E-state index contributed by atoms with van der Waals surface area (Å²) in [6, 6.07) is 10.9. The number of amides is 1. The first kappa shape index (κ1) is 13.4. The zero-order chi connectivity index (χ0) is 13.8. The molecule has 4 heteroatoms. The summed E-state index contributed by atoms with van der Waals surface area (Å²) in [6.07, 6.45) is 1.61. The zero-order valence-electron chi connectivity index (χ0n) is 11.2. The highest BCUT2D eigenvalue weighted by Gasteiger charge is 2.20. The van der Waals surface area contributed by atoms with Crippen LogP contribution in [-0.2, 0) is 6.54 Å². The van der Waals surface area contributed by atoms with Gasteiger partial charge in [-0.2, -0.15) is 0 Å². The molecule has 0 fully saturated rings. The van der Waals surface area contributed by atoms with Gasteiger partial charge in [0, 0.05) is 19.2 Å². The van der Waals surface area contributed by atoms with E-state index in [1.54, 1.807) is 30.3 Å². The van der Waals surface area contributed by atoms with E-state index in [9.17, 15) is 4.79 Å². The van der Waals surface area contributed by atoms with Gasteiger partial charge in [0.25, 0.3) is 5.91 Å². The number of hydrogen-bond acceptors (Lipinski definition) is 3. The van der Waals surface area contributed by atoms with E-state index >= 15 is 0 Å². The van der Waals surface area contributed by atoms with Gasteiger partial charge in [0.05, 0.1) is 12.3 Å². The van der Waals surface area contributed by atoms with Crippen molar-refractivity contribution in [1.29, 1.82) is 0 Å². The molecular formula is C15H18N2O2. The quantitative estimate of drug-likeness (QED) is 0.916. The monoisotopic (exact) mass is 258 g/mol. The molecule has 1 unspecified atom stereocenters. The Kier molecular flexibility index (Phi) is 4.02. The molecule has 0 saturated carbocycles. The lowest BCUT2D eigenvalue weighted by atomic mass is 10.1. The number of nitrogens with two attached hydrogens (primary N) is 1. The summed E-state index contributed by atoms with van der Waals surface area (Å²) in [7, 11) is 1.77. The van der Waals surface area contributed by atoms with Gasteiger partial charge in [-0.3, -0.25) is 4.79 Å². The van der Waals surface area contributed by atoms with Gasteiger partial charge < -0.3 is 15.1 Å². The highest BCUT2D eigenvalue weighted by molar-refractivity contribution is 5.94. The second-order valence-electron chi connectivity index (χ2n) is 4.51. The standard InChI is InChI=1S/C15H18N2O2/c1-11(14-4-3-9-19-14)17(2)15(18)13-7-5-12(10-16)6-8-13/h3-9,11H,10,16H2,1-2H3. The molecule has 1 heterocycles. The van der Waals surface area contributed by atoms with Crippen LogP contribution in [0.25, 0.3) is 0 Å². The van der Waals surface area contributed by atoms with Crippen LogP contribution in [0.3, 0.4) is 0 Å². The normalized spacial score (nSPS) is 12.2. The molecule has 0 aliphatic heterocycles. The largest absolute Gasteiger partial charge is 0.467 e. The number of benzene rings is 1. The second kappa shape index (κ2) is 5.71. The first-order valence-electron chi connectivity index (χ1n) is 6.23. The van der Waals surface area contributed by atoms with Gasteiger partial charge in [-0.1, -0.05) is 12.1 Å². The first-order valence-corrected chi connectivity index (χ1v) is 6.23. The van der Waals surface area contributed by atoms with Crippen LogP contribution in [0.2, 0.25) is 0 Å². The van der Waals surface area contributed by atoms with Crippen LogP contribution < -0.4 is 5.73 Å². The maximum absolute atomic E-state index is 12.3. The lowest BCUT2D eigenvalue weighted by Gasteiger charge is -2.23. The van der Waals surface area contributed by atoms with Crippen LogP contribution >= 0.6 is 0 Å². The van der Waals surface area contributed by atoms with Crippen LogP contribution in [0, 0.1) is 0 Å². The lowest BCUT2D eigenvalue weighted by molar-refractivity contribution is 0.0726. The molecule has 4 nitrogen and oxygen atoms in total. The molecule has 1 amide bonds. The Labute approximate surface area is 112 Å². The van der Waals surface area contributed by atoms with Crippen LogP contribution in [0.4, 0.5) is 0 Å². The van der Waals surface area contributed by atoms with E-state index in [-0.39, 0.29) is 11.9 Å². The number of furan rings is 1. The predicted octanol–water partition coefficient (Wildman–Crippen LogP) is 2.57. The number of carbonyl (C=O) groups excluding carboxylic acids is 1. The highest BCUT2D eigenvalue weighted by Crippen LogP contribution is 2.21. The van der Waals surface area contributed by atoms with Crippen molar-refractivity contribution < 1.29 is 9.21 Å². The Hall–Kier alpha value is -2.07. The van der Waals surface area contributed by atoms with Crippen molar-refractivity contribution in [1.82, 2.24) is 4.90 Å². The molecule has 19 heavy (non-hydrogen) atoms. The van der Waals surface area contributed by atoms with E-state index in [1.807, 2.05) is 31.2 Å². The van der Waals surface area contributed by atoms with Crippen LogP contribution in [0.5, 0.6) is 0 Å². The number of hydrogen-bond donors (Lipinski definition) is 1. The minimum Gasteiger partial charge on any atom is -0.467 e. The molecule has 2 rings (SSSR count). The second-order valence-corrected chi connectivity index (χ2v) is 4.51. The van der Waals surface area contributed by atoms with Gasteiger partial charge >= 0.3 is 0 Å². The molecule has 0 bridgehead atoms. The fraction of sp³-hybridized carbons (Fsp3) is 0.267. The Morgan fingerprint density at radius 2 is 2.00 bits per heavy atom. The Morgan fingerprint density at radius 3 is 2.53 bits per heavy atom. The number of nitrogens with zero attached hydrogens (tertiary/aromatic N) is 1. The van der Waals surface area contributed by atoms with Gasteiger partial charge in [-0.05, 0) is 36.8 Å². The Bertz CT molecular complexity index is 532. The molecule has 1 aromatic heterocycles. The molecule has 2 N–H and O–H groups in total. The van der Waals surface area contributed by atoms with Gasteiger partial charge in [0.1, 0.15) is 5.76 Å². The average molecular weight is 258 g/mol. The van der Waals surface area contributed by atoms with E-state index < -0.39 is 0 Å². The molecule has 0 aliphatic rings. The summed E-state index contributed by atoms with van der Waals surface area (Å²) in [5.74, 6) is 0.738. The number of carbonyl (C=O) groups is 1. The summed E-state index contributed by atoms with van der Waals surface area (Å²) < 4.78 is 5.33. The fourth-order valence-corrected chi connectivity index (χ4v) is 1.88. The van der Waals surface area contributed by atoms with Gasteiger partial charge in [-0.25, -0.2) is 0 Å². The van der Waals surface area contributed by atoms with Crippen LogP contribution in [0.1, 0.15) is 34.6 Å². The zero-order valence-corrected chi connectivity index (χ0v) is 11.2. The van der Waals surface area contributed by atoms with E-state index in [4.69, 9.17) is 10.2 Å². The molecule has 0 aliphatic carbocycles. The smallest absolute Gasteiger partial charge is 0.254 e. The minimum absolute atomic E-state index is 0.0347. The summed E-state index contributed by atoms with van der Waals surface area (Å²) >= 11 is 0. The molecule has 1 atom stereocenters. The Balaban J connectivity index is 2.14. The van der Waals surface area contributed by atoms with E-state index in [2.05, 4.69) is 0 Å².